The van der Waals surface area contributed by atoms with Crippen molar-refractivity contribution in [3.63, 3.8) is 0 Å². The summed E-state index contributed by atoms with van der Waals surface area (Å²) in [7, 11) is 0. The lowest BCUT2D eigenvalue weighted by molar-refractivity contribution is 0.296. The van der Waals surface area contributed by atoms with Gasteiger partial charge >= 0.3 is 0 Å². The molecule has 0 amide bonds. The quantitative estimate of drug-likeness (QED) is 0.459. The van der Waals surface area contributed by atoms with E-state index < -0.39 is 0 Å². The van der Waals surface area contributed by atoms with Crippen molar-refractivity contribution in [2.75, 3.05) is 25.4 Å². The molecule has 0 aliphatic rings. The van der Waals surface area contributed by atoms with Crippen molar-refractivity contribution in [2.45, 2.75) is 33.1 Å². The summed E-state index contributed by atoms with van der Waals surface area (Å²) >= 11 is 4.18. The molecule has 0 bridgehead atoms. The van der Waals surface area contributed by atoms with Gasteiger partial charge in [0.25, 0.3) is 0 Å². The van der Waals surface area contributed by atoms with Crippen LogP contribution in [-0.4, -0.2) is 30.3 Å². The van der Waals surface area contributed by atoms with Gasteiger partial charge in [0.2, 0.25) is 0 Å². The maximum Gasteiger partial charge on any atom is -0.00190 e. The summed E-state index contributed by atoms with van der Waals surface area (Å²) in [6.07, 6.45) is 3.94. The van der Waals surface area contributed by atoms with Gasteiger partial charge < -0.3 is 4.90 Å². The van der Waals surface area contributed by atoms with Crippen molar-refractivity contribution < 1.29 is 0 Å². The van der Waals surface area contributed by atoms with Gasteiger partial charge in [-0.15, -0.1) is 0 Å². The fourth-order valence-corrected chi connectivity index (χ4v) is 1.39. The molecule has 0 aromatic carbocycles. The normalized spacial score (nSPS) is 10.9. The smallest absolute Gasteiger partial charge is 0.00190 e. The van der Waals surface area contributed by atoms with Crippen LogP contribution in [-0.2, 0) is 0 Å². The molecule has 0 rings (SSSR count). The molecule has 0 atom stereocenters. The fraction of sp³-hybridized carbons (Fsp3) is 1.00. The van der Waals surface area contributed by atoms with Crippen LogP contribution in [0.25, 0.3) is 0 Å². The van der Waals surface area contributed by atoms with Crippen LogP contribution >= 0.6 is 12.6 Å². The second kappa shape index (κ2) is 8.41. The third-order valence-electron chi connectivity index (χ3n) is 2.03. The number of hydrogen-bond donors (Lipinski definition) is 1. The molecule has 0 aliphatic heterocycles. The molecule has 0 heterocycles. The van der Waals surface area contributed by atoms with E-state index in [1.54, 1.807) is 0 Å². The Morgan fingerprint density at radius 3 is 2.09 bits per heavy atom. The molecule has 0 spiro atoms. The topological polar surface area (TPSA) is 3.24 Å². The predicted molar refractivity (Wildman–Crippen MR) is 55.5 cm³/mol. The Bertz CT molecular complexity index is 72.0. The first kappa shape index (κ1) is 11.3. The average Bonchev–Trinajstić information content (AvgIpc) is 2.05. The van der Waals surface area contributed by atoms with Gasteiger partial charge in [-0.2, -0.15) is 12.6 Å². The van der Waals surface area contributed by atoms with Crippen molar-refractivity contribution in [1.29, 1.82) is 0 Å². The molecule has 0 aliphatic carbocycles. The summed E-state index contributed by atoms with van der Waals surface area (Å²) in [5.74, 6) is 1.04. The second-order valence-corrected chi connectivity index (χ2v) is 3.26. The molecule has 0 radical (unpaired) electrons. The highest BCUT2D eigenvalue weighted by molar-refractivity contribution is 7.80. The Balaban J connectivity index is 3.07. The largest absolute Gasteiger partial charge is 0.304 e. The maximum atomic E-state index is 4.18. The molecule has 0 N–H and O–H groups in total. The number of unbranched alkanes of at least 4 members (excludes halogenated alkanes) is 2. The lowest BCUT2D eigenvalue weighted by Gasteiger charge is -2.17. The Labute approximate surface area is 76.6 Å². The molecular formula is C9H21NS. The average molecular weight is 175 g/mol. The summed E-state index contributed by atoms with van der Waals surface area (Å²) in [4.78, 5) is 2.47. The van der Waals surface area contributed by atoms with Crippen LogP contribution in [0.15, 0.2) is 0 Å². The number of nitrogens with zero attached hydrogens (tertiary/aromatic N) is 1. The minimum Gasteiger partial charge on any atom is -0.304 e. The van der Waals surface area contributed by atoms with Gasteiger partial charge in [0.15, 0.2) is 0 Å². The standard InChI is InChI=1S/C9H21NS/c1-3-10(4-2)8-6-5-7-9-11/h11H,3-9H2,1-2H3. The summed E-state index contributed by atoms with van der Waals surface area (Å²) in [6, 6.07) is 0. The number of rotatable bonds is 7. The highest BCUT2D eigenvalue weighted by Crippen LogP contribution is 1.99. The molecule has 2 heteroatoms. The summed E-state index contributed by atoms with van der Waals surface area (Å²) in [6.45, 7) is 8.10. The molecule has 0 aromatic rings. The summed E-state index contributed by atoms with van der Waals surface area (Å²) in [5, 5.41) is 0. The highest BCUT2D eigenvalue weighted by atomic mass is 32.1. The van der Waals surface area contributed by atoms with Crippen molar-refractivity contribution in [1.82, 2.24) is 4.90 Å². The molecule has 0 saturated carbocycles. The van der Waals surface area contributed by atoms with Crippen LogP contribution in [0.3, 0.4) is 0 Å². The fourth-order valence-electron chi connectivity index (χ4n) is 1.16. The van der Waals surface area contributed by atoms with Gasteiger partial charge in [-0.25, -0.2) is 0 Å². The van der Waals surface area contributed by atoms with Gasteiger partial charge in [-0.05, 0) is 38.2 Å². The van der Waals surface area contributed by atoms with Crippen LogP contribution in [0.1, 0.15) is 33.1 Å². The molecule has 1 nitrogen and oxygen atoms in total. The van der Waals surface area contributed by atoms with Crippen molar-refractivity contribution in [3.8, 4) is 0 Å². The third kappa shape index (κ3) is 6.70. The van der Waals surface area contributed by atoms with E-state index >= 15 is 0 Å². The Kier molecular flexibility index (Phi) is 8.64. The third-order valence-corrected chi connectivity index (χ3v) is 2.34. The Morgan fingerprint density at radius 2 is 1.64 bits per heavy atom. The van der Waals surface area contributed by atoms with E-state index in [1.807, 2.05) is 0 Å². The van der Waals surface area contributed by atoms with Gasteiger partial charge in [-0.1, -0.05) is 20.3 Å². The van der Waals surface area contributed by atoms with Crippen LogP contribution in [0.4, 0.5) is 0 Å². The van der Waals surface area contributed by atoms with E-state index in [0.717, 1.165) is 5.75 Å². The highest BCUT2D eigenvalue weighted by Gasteiger charge is 1.96. The minimum atomic E-state index is 1.04. The van der Waals surface area contributed by atoms with E-state index in [0.29, 0.717) is 0 Å². The van der Waals surface area contributed by atoms with Gasteiger partial charge in [0.1, 0.15) is 0 Å². The zero-order valence-corrected chi connectivity index (χ0v) is 8.74. The Morgan fingerprint density at radius 1 is 1.00 bits per heavy atom. The molecule has 68 valence electrons. The van der Waals surface area contributed by atoms with Gasteiger partial charge in [-0.3, -0.25) is 0 Å². The summed E-state index contributed by atoms with van der Waals surface area (Å²) in [5.41, 5.74) is 0. The second-order valence-electron chi connectivity index (χ2n) is 2.81. The SMILES string of the molecule is CCN(CC)CCCCCS. The van der Waals surface area contributed by atoms with Gasteiger partial charge in [0.05, 0.1) is 0 Å². The van der Waals surface area contributed by atoms with Crippen LogP contribution in [0.2, 0.25) is 0 Å². The lowest BCUT2D eigenvalue weighted by atomic mass is 10.2. The first-order valence-corrected chi connectivity index (χ1v) is 5.31. The van der Waals surface area contributed by atoms with Crippen LogP contribution in [0, 0.1) is 0 Å². The first-order valence-electron chi connectivity index (χ1n) is 4.68. The molecule has 0 saturated heterocycles. The van der Waals surface area contributed by atoms with E-state index in [2.05, 4.69) is 31.4 Å². The van der Waals surface area contributed by atoms with Crippen molar-refractivity contribution in [2.24, 2.45) is 0 Å². The van der Waals surface area contributed by atoms with Gasteiger partial charge in [0, 0.05) is 0 Å². The van der Waals surface area contributed by atoms with E-state index in [9.17, 15) is 0 Å². The molecule has 0 fully saturated rings. The lowest BCUT2D eigenvalue weighted by Crippen LogP contribution is -2.23. The zero-order valence-electron chi connectivity index (χ0n) is 7.84. The predicted octanol–water partition coefficient (Wildman–Crippen LogP) is 2.43. The van der Waals surface area contributed by atoms with E-state index in [4.69, 9.17) is 0 Å². The number of thiol groups is 1. The van der Waals surface area contributed by atoms with Crippen LogP contribution in [0.5, 0.6) is 0 Å². The Hall–Kier alpha value is 0.310. The molecular weight excluding hydrogens is 154 g/mol. The zero-order chi connectivity index (χ0) is 8.53. The minimum absolute atomic E-state index is 1.04. The van der Waals surface area contributed by atoms with E-state index in [1.165, 1.54) is 38.9 Å². The van der Waals surface area contributed by atoms with Crippen molar-refractivity contribution in [3.05, 3.63) is 0 Å². The van der Waals surface area contributed by atoms with Crippen LogP contribution < -0.4 is 0 Å². The monoisotopic (exact) mass is 175 g/mol. The first-order chi connectivity index (χ1) is 5.35. The maximum absolute atomic E-state index is 4.18. The molecule has 0 unspecified atom stereocenters. The van der Waals surface area contributed by atoms with E-state index in [-0.39, 0.29) is 0 Å². The molecule has 11 heavy (non-hydrogen) atoms. The number of hydrogen-bond acceptors (Lipinski definition) is 2. The molecule has 0 aromatic heterocycles. The van der Waals surface area contributed by atoms with Crippen molar-refractivity contribution >= 4 is 12.6 Å². The summed E-state index contributed by atoms with van der Waals surface area (Å²) < 4.78 is 0.